The molecule has 0 aliphatic heterocycles. The van der Waals surface area contributed by atoms with E-state index in [1.165, 1.54) is 6.07 Å². The Balaban J connectivity index is 1.51. The van der Waals surface area contributed by atoms with E-state index in [0.29, 0.717) is 33.3 Å². The van der Waals surface area contributed by atoms with Gasteiger partial charge in [-0.15, -0.1) is 0 Å². The molecule has 0 atom stereocenters. The molecule has 0 aliphatic carbocycles. The molecule has 0 aliphatic rings. The van der Waals surface area contributed by atoms with Gasteiger partial charge in [-0.25, -0.2) is 0 Å². The molecular formula is C22H15ClN4O3. The standard InChI is InChI=1S/C22H15ClN4O3/c23-15-7-9-16(10-8-15)25-21(28)17-5-1-2-6-18(17)26-22(29)19-12-20(30-27-19)14-4-3-11-24-13-14/h1-13H,(H,25,28)(H,26,29). The van der Waals surface area contributed by atoms with Gasteiger partial charge in [-0.05, 0) is 48.5 Å². The van der Waals surface area contributed by atoms with Gasteiger partial charge in [-0.1, -0.05) is 28.9 Å². The normalized spacial score (nSPS) is 10.4. The quantitative estimate of drug-likeness (QED) is 0.480. The third-order valence-electron chi connectivity index (χ3n) is 4.21. The van der Waals surface area contributed by atoms with E-state index in [9.17, 15) is 9.59 Å². The van der Waals surface area contributed by atoms with Gasteiger partial charge in [0.05, 0.1) is 11.3 Å². The Hall–Kier alpha value is -3.97. The van der Waals surface area contributed by atoms with Gasteiger partial charge < -0.3 is 15.2 Å². The van der Waals surface area contributed by atoms with Crippen molar-refractivity contribution in [3.8, 4) is 11.3 Å². The lowest BCUT2D eigenvalue weighted by atomic mass is 10.1. The van der Waals surface area contributed by atoms with E-state index in [2.05, 4.69) is 20.8 Å². The lowest BCUT2D eigenvalue weighted by Gasteiger charge is -2.10. The zero-order valence-electron chi connectivity index (χ0n) is 15.5. The van der Waals surface area contributed by atoms with Gasteiger partial charge in [0.25, 0.3) is 11.8 Å². The predicted molar refractivity (Wildman–Crippen MR) is 114 cm³/mol. The van der Waals surface area contributed by atoms with E-state index in [4.69, 9.17) is 16.1 Å². The molecule has 0 saturated carbocycles. The van der Waals surface area contributed by atoms with Crippen molar-refractivity contribution in [2.45, 2.75) is 0 Å². The van der Waals surface area contributed by atoms with Crippen LogP contribution in [0.3, 0.4) is 0 Å². The molecular weight excluding hydrogens is 404 g/mol. The summed E-state index contributed by atoms with van der Waals surface area (Å²) in [5.74, 6) is -0.452. The van der Waals surface area contributed by atoms with Crippen LogP contribution in [0.15, 0.2) is 83.6 Å². The molecule has 2 heterocycles. The van der Waals surface area contributed by atoms with Gasteiger partial charge >= 0.3 is 0 Å². The summed E-state index contributed by atoms with van der Waals surface area (Å²) in [5.41, 5.74) is 2.02. The zero-order valence-corrected chi connectivity index (χ0v) is 16.3. The third kappa shape index (κ3) is 4.37. The molecule has 2 aromatic heterocycles. The highest BCUT2D eigenvalue weighted by atomic mass is 35.5. The molecule has 2 N–H and O–H groups in total. The summed E-state index contributed by atoms with van der Waals surface area (Å²) >= 11 is 5.87. The second-order valence-electron chi connectivity index (χ2n) is 6.28. The van der Waals surface area contributed by atoms with Crippen molar-refractivity contribution < 1.29 is 14.1 Å². The number of hydrogen-bond donors (Lipinski definition) is 2. The number of amides is 2. The molecule has 0 fully saturated rings. The summed E-state index contributed by atoms with van der Waals surface area (Å²) in [6, 6.07) is 18.5. The maximum atomic E-state index is 12.7. The molecule has 0 spiro atoms. The van der Waals surface area contributed by atoms with Crippen LogP contribution in [0.4, 0.5) is 11.4 Å². The number of carbonyl (C=O) groups excluding carboxylic acids is 2. The number of nitrogens with one attached hydrogen (secondary N) is 2. The topological polar surface area (TPSA) is 97.1 Å². The van der Waals surface area contributed by atoms with Crippen LogP contribution in [0.25, 0.3) is 11.3 Å². The Kier molecular flexibility index (Phi) is 5.54. The minimum absolute atomic E-state index is 0.0850. The van der Waals surface area contributed by atoms with Gasteiger partial charge in [0, 0.05) is 34.7 Å². The average molecular weight is 419 g/mol. The van der Waals surface area contributed by atoms with Crippen LogP contribution in [-0.2, 0) is 0 Å². The second-order valence-corrected chi connectivity index (χ2v) is 6.72. The summed E-state index contributed by atoms with van der Waals surface area (Å²) in [6.45, 7) is 0. The Labute approximate surface area is 176 Å². The van der Waals surface area contributed by atoms with Gasteiger partial charge in [0.2, 0.25) is 0 Å². The monoisotopic (exact) mass is 418 g/mol. The number of pyridine rings is 1. The van der Waals surface area contributed by atoms with Gasteiger partial charge in [0.15, 0.2) is 11.5 Å². The molecule has 148 valence electrons. The summed E-state index contributed by atoms with van der Waals surface area (Å²) in [6.07, 6.45) is 3.25. The number of para-hydroxylation sites is 1. The molecule has 0 unspecified atom stereocenters. The van der Waals surface area contributed by atoms with Crippen molar-refractivity contribution in [1.82, 2.24) is 10.1 Å². The number of carbonyl (C=O) groups is 2. The zero-order chi connectivity index (χ0) is 20.9. The smallest absolute Gasteiger partial charge is 0.277 e. The van der Waals surface area contributed by atoms with Crippen LogP contribution in [0.2, 0.25) is 5.02 Å². The first-order valence-electron chi connectivity index (χ1n) is 8.94. The van der Waals surface area contributed by atoms with Gasteiger partial charge in [-0.3, -0.25) is 14.6 Å². The van der Waals surface area contributed by atoms with E-state index >= 15 is 0 Å². The number of rotatable bonds is 5. The Bertz CT molecular complexity index is 1190. The first-order chi connectivity index (χ1) is 14.6. The van der Waals surface area contributed by atoms with Crippen molar-refractivity contribution >= 4 is 34.8 Å². The maximum Gasteiger partial charge on any atom is 0.277 e. The Morgan fingerprint density at radius 1 is 0.900 bits per heavy atom. The fourth-order valence-corrected chi connectivity index (χ4v) is 2.86. The molecule has 0 bridgehead atoms. The first kappa shape index (κ1) is 19.4. The number of hydrogen-bond acceptors (Lipinski definition) is 5. The fourth-order valence-electron chi connectivity index (χ4n) is 2.73. The number of nitrogens with zero attached hydrogens (tertiary/aromatic N) is 2. The van der Waals surface area contributed by atoms with E-state index in [1.807, 2.05) is 0 Å². The SMILES string of the molecule is O=C(Nc1ccccc1C(=O)Nc1ccc(Cl)cc1)c1cc(-c2cccnc2)on1. The van der Waals surface area contributed by atoms with Crippen LogP contribution in [-0.4, -0.2) is 22.0 Å². The summed E-state index contributed by atoms with van der Waals surface area (Å²) in [5, 5.41) is 9.86. The third-order valence-corrected chi connectivity index (χ3v) is 4.46. The number of halogens is 1. The van der Waals surface area contributed by atoms with Crippen LogP contribution in [0, 0.1) is 0 Å². The molecule has 2 amide bonds. The minimum Gasteiger partial charge on any atom is -0.355 e. The summed E-state index contributed by atoms with van der Waals surface area (Å²) in [4.78, 5) is 29.3. The number of anilines is 2. The molecule has 30 heavy (non-hydrogen) atoms. The lowest BCUT2D eigenvalue weighted by molar-refractivity contribution is 0.101. The Morgan fingerprint density at radius 2 is 1.70 bits per heavy atom. The largest absolute Gasteiger partial charge is 0.355 e. The molecule has 0 radical (unpaired) electrons. The molecule has 8 heteroatoms. The number of benzene rings is 2. The summed E-state index contributed by atoms with van der Waals surface area (Å²) in [7, 11) is 0. The fraction of sp³-hybridized carbons (Fsp3) is 0. The second kappa shape index (κ2) is 8.59. The van der Waals surface area contributed by atoms with Crippen molar-refractivity contribution in [2.24, 2.45) is 0 Å². The minimum atomic E-state index is -0.499. The van der Waals surface area contributed by atoms with E-state index in [-0.39, 0.29) is 11.6 Å². The highest BCUT2D eigenvalue weighted by Gasteiger charge is 2.17. The van der Waals surface area contributed by atoms with E-state index in [1.54, 1.807) is 73.1 Å². The first-order valence-corrected chi connectivity index (χ1v) is 9.32. The van der Waals surface area contributed by atoms with Crippen molar-refractivity contribution in [1.29, 1.82) is 0 Å². The van der Waals surface area contributed by atoms with Crippen LogP contribution in [0.1, 0.15) is 20.8 Å². The molecule has 4 rings (SSSR count). The van der Waals surface area contributed by atoms with Crippen molar-refractivity contribution in [3.05, 3.63) is 95.4 Å². The van der Waals surface area contributed by atoms with Crippen LogP contribution < -0.4 is 10.6 Å². The van der Waals surface area contributed by atoms with Gasteiger partial charge in [0.1, 0.15) is 0 Å². The highest BCUT2D eigenvalue weighted by molar-refractivity contribution is 6.30. The maximum absolute atomic E-state index is 12.7. The predicted octanol–water partition coefficient (Wildman–Crippen LogP) is 4.89. The lowest BCUT2D eigenvalue weighted by Crippen LogP contribution is -2.18. The molecule has 0 saturated heterocycles. The van der Waals surface area contributed by atoms with Crippen LogP contribution in [0.5, 0.6) is 0 Å². The molecule has 7 nitrogen and oxygen atoms in total. The highest BCUT2D eigenvalue weighted by Crippen LogP contribution is 2.22. The number of aromatic nitrogens is 2. The molecule has 4 aromatic rings. The van der Waals surface area contributed by atoms with E-state index in [0.717, 1.165) is 0 Å². The summed E-state index contributed by atoms with van der Waals surface area (Å²) < 4.78 is 5.23. The van der Waals surface area contributed by atoms with Crippen LogP contribution >= 0.6 is 11.6 Å². The van der Waals surface area contributed by atoms with Crippen molar-refractivity contribution in [3.63, 3.8) is 0 Å². The molecule has 2 aromatic carbocycles. The van der Waals surface area contributed by atoms with Gasteiger partial charge in [-0.2, -0.15) is 0 Å². The van der Waals surface area contributed by atoms with E-state index < -0.39 is 5.91 Å². The Morgan fingerprint density at radius 3 is 2.47 bits per heavy atom. The van der Waals surface area contributed by atoms with Crippen molar-refractivity contribution in [2.75, 3.05) is 10.6 Å². The average Bonchev–Trinajstić information content (AvgIpc) is 3.27.